The summed E-state index contributed by atoms with van der Waals surface area (Å²) in [6.07, 6.45) is 2.39. The molecule has 0 atom stereocenters. The van der Waals surface area contributed by atoms with Crippen LogP contribution in [-0.4, -0.2) is 13.7 Å². The van der Waals surface area contributed by atoms with E-state index in [1.165, 1.54) is 12.8 Å². The SMILES string of the molecule is CCC(CC)CNCc1cc(C#N)ccc1OC. The number of nitriles is 1. The lowest BCUT2D eigenvalue weighted by atomic mass is 10.0. The number of nitrogens with one attached hydrogen (secondary N) is 1. The summed E-state index contributed by atoms with van der Waals surface area (Å²) in [4.78, 5) is 0. The molecule has 0 aromatic heterocycles. The van der Waals surface area contributed by atoms with E-state index >= 15 is 0 Å². The van der Waals surface area contributed by atoms with E-state index in [1.54, 1.807) is 13.2 Å². The molecule has 1 aromatic carbocycles. The van der Waals surface area contributed by atoms with Crippen LogP contribution in [0.5, 0.6) is 5.75 Å². The number of nitrogens with zero attached hydrogens (tertiary/aromatic N) is 1. The Kier molecular flexibility index (Phi) is 6.24. The first-order valence-corrected chi connectivity index (χ1v) is 6.52. The topological polar surface area (TPSA) is 45.0 Å². The minimum absolute atomic E-state index is 0.676. The number of rotatable bonds is 7. The van der Waals surface area contributed by atoms with Crippen molar-refractivity contribution in [1.82, 2.24) is 5.32 Å². The van der Waals surface area contributed by atoms with E-state index in [0.717, 1.165) is 30.3 Å². The summed E-state index contributed by atoms with van der Waals surface area (Å²) in [5.74, 6) is 1.56. The quantitative estimate of drug-likeness (QED) is 0.804. The third-order valence-corrected chi connectivity index (χ3v) is 3.31. The first kappa shape index (κ1) is 14.5. The predicted molar refractivity (Wildman–Crippen MR) is 73.5 cm³/mol. The van der Waals surface area contributed by atoms with Crippen LogP contribution in [0.15, 0.2) is 18.2 Å². The van der Waals surface area contributed by atoms with E-state index in [4.69, 9.17) is 10.00 Å². The van der Waals surface area contributed by atoms with Gasteiger partial charge in [-0.3, -0.25) is 0 Å². The minimum Gasteiger partial charge on any atom is -0.496 e. The second kappa shape index (κ2) is 7.73. The Morgan fingerprint density at radius 1 is 1.33 bits per heavy atom. The third kappa shape index (κ3) is 4.05. The highest BCUT2D eigenvalue weighted by Gasteiger charge is 2.06. The minimum atomic E-state index is 0.676. The molecule has 0 fully saturated rings. The van der Waals surface area contributed by atoms with Gasteiger partial charge in [0.2, 0.25) is 0 Å². The zero-order valence-electron chi connectivity index (χ0n) is 11.5. The molecular weight excluding hydrogens is 224 g/mol. The van der Waals surface area contributed by atoms with Crippen molar-refractivity contribution in [2.75, 3.05) is 13.7 Å². The average Bonchev–Trinajstić information content (AvgIpc) is 2.43. The fourth-order valence-electron chi connectivity index (χ4n) is 1.97. The average molecular weight is 246 g/mol. The summed E-state index contributed by atoms with van der Waals surface area (Å²) in [6, 6.07) is 7.68. The van der Waals surface area contributed by atoms with Crippen molar-refractivity contribution in [3.63, 3.8) is 0 Å². The lowest BCUT2D eigenvalue weighted by Gasteiger charge is -2.14. The molecule has 3 heteroatoms. The Hall–Kier alpha value is -1.53. The molecule has 3 nitrogen and oxygen atoms in total. The highest BCUT2D eigenvalue weighted by Crippen LogP contribution is 2.19. The second-order valence-electron chi connectivity index (χ2n) is 4.45. The van der Waals surface area contributed by atoms with Crippen LogP contribution in [-0.2, 0) is 6.54 Å². The zero-order valence-corrected chi connectivity index (χ0v) is 11.5. The molecule has 0 saturated carbocycles. The Bertz CT molecular complexity index is 405. The van der Waals surface area contributed by atoms with Gasteiger partial charge in [-0.05, 0) is 30.7 Å². The van der Waals surface area contributed by atoms with Crippen LogP contribution in [0.4, 0.5) is 0 Å². The summed E-state index contributed by atoms with van der Waals surface area (Å²) in [5.41, 5.74) is 1.72. The van der Waals surface area contributed by atoms with E-state index in [0.29, 0.717) is 5.56 Å². The highest BCUT2D eigenvalue weighted by molar-refractivity contribution is 5.41. The van der Waals surface area contributed by atoms with Gasteiger partial charge in [-0.25, -0.2) is 0 Å². The highest BCUT2D eigenvalue weighted by atomic mass is 16.5. The van der Waals surface area contributed by atoms with Crippen LogP contribution in [0, 0.1) is 17.2 Å². The van der Waals surface area contributed by atoms with E-state index < -0.39 is 0 Å². The maximum Gasteiger partial charge on any atom is 0.123 e. The number of benzene rings is 1. The van der Waals surface area contributed by atoms with Gasteiger partial charge in [-0.15, -0.1) is 0 Å². The van der Waals surface area contributed by atoms with Gasteiger partial charge in [0, 0.05) is 12.1 Å². The monoisotopic (exact) mass is 246 g/mol. The molecule has 98 valence electrons. The van der Waals surface area contributed by atoms with E-state index in [1.807, 2.05) is 12.1 Å². The normalized spacial score (nSPS) is 10.4. The zero-order chi connectivity index (χ0) is 13.4. The van der Waals surface area contributed by atoms with Crippen molar-refractivity contribution in [1.29, 1.82) is 5.26 Å². The van der Waals surface area contributed by atoms with Crippen molar-refractivity contribution < 1.29 is 4.74 Å². The first-order valence-electron chi connectivity index (χ1n) is 6.52. The first-order chi connectivity index (χ1) is 8.74. The molecule has 0 amide bonds. The smallest absolute Gasteiger partial charge is 0.123 e. The summed E-state index contributed by atoms with van der Waals surface area (Å²) in [5, 5.41) is 12.3. The van der Waals surface area contributed by atoms with Crippen LogP contribution in [0.1, 0.15) is 37.8 Å². The molecular formula is C15H22N2O. The maximum atomic E-state index is 8.90. The van der Waals surface area contributed by atoms with Crippen molar-refractivity contribution in [2.45, 2.75) is 33.2 Å². The molecule has 1 N–H and O–H groups in total. The van der Waals surface area contributed by atoms with Crippen molar-refractivity contribution in [3.05, 3.63) is 29.3 Å². The molecule has 0 spiro atoms. The Morgan fingerprint density at radius 2 is 2.06 bits per heavy atom. The van der Waals surface area contributed by atoms with E-state index in [-0.39, 0.29) is 0 Å². The third-order valence-electron chi connectivity index (χ3n) is 3.31. The fraction of sp³-hybridized carbons (Fsp3) is 0.533. The summed E-state index contributed by atoms with van der Waals surface area (Å²) < 4.78 is 5.31. The summed E-state index contributed by atoms with van der Waals surface area (Å²) in [6.45, 7) is 6.18. The number of hydrogen-bond donors (Lipinski definition) is 1. The van der Waals surface area contributed by atoms with Gasteiger partial charge < -0.3 is 10.1 Å². The number of ether oxygens (including phenoxy) is 1. The van der Waals surface area contributed by atoms with E-state index in [2.05, 4.69) is 25.2 Å². The van der Waals surface area contributed by atoms with Crippen LogP contribution in [0.3, 0.4) is 0 Å². The van der Waals surface area contributed by atoms with Crippen molar-refractivity contribution in [3.8, 4) is 11.8 Å². The molecule has 0 radical (unpaired) electrons. The molecule has 1 aromatic rings. The summed E-state index contributed by atoms with van der Waals surface area (Å²) >= 11 is 0. The lowest BCUT2D eigenvalue weighted by molar-refractivity contribution is 0.403. The van der Waals surface area contributed by atoms with Gasteiger partial charge in [-0.1, -0.05) is 26.7 Å². The van der Waals surface area contributed by atoms with Crippen LogP contribution in [0.25, 0.3) is 0 Å². The predicted octanol–water partition coefficient (Wildman–Crippen LogP) is 3.09. The van der Waals surface area contributed by atoms with Crippen LogP contribution < -0.4 is 10.1 Å². The molecule has 0 saturated heterocycles. The second-order valence-corrected chi connectivity index (χ2v) is 4.45. The molecule has 0 aliphatic rings. The molecule has 0 heterocycles. The molecule has 0 aliphatic heterocycles. The van der Waals surface area contributed by atoms with E-state index in [9.17, 15) is 0 Å². The lowest BCUT2D eigenvalue weighted by Crippen LogP contribution is -2.22. The van der Waals surface area contributed by atoms with Gasteiger partial charge in [0.05, 0.1) is 18.7 Å². The standard InChI is InChI=1S/C15H22N2O/c1-4-12(5-2)10-17-11-14-8-13(9-16)6-7-15(14)18-3/h6-8,12,17H,4-5,10-11H2,1-3H3. The fourth-order valence-corrected chi connectivity index (χ4v) is 1.97. The maximum absolute atomic E-state index is 8.90. The molecule has 1 rings (SSSR count). The van der Waals surface area contributed by atoms with Crippen LogP contribution in [0.2, 0.25) is 0 Å². The van der Waals surface area contributed by atoms with Gasteiger partial charge in [0.15, 0.2) is 0 Å². The van der Waals surface area contributed by atoms with Gasteiger partial charge >= 0.3 is 0 Å². The van der Waals surface area contributed by atoms with Crippen molar-refractivity contribution >= 4 is 0 Å². The molecule has 0 unspecified atom stereocenters. The largest absolute Gasteiger partial charge is 0.496 e. The number of methoxy groups -OCH3 is 1. The Morgan fingerprint density at radius 3 is 2.61 bits per heavy atom. The molecule has 18 heavy (non-hydrogen) atoms. The Labute approximate surface area is 110 Å². The number of hydrogen-bond acceptors (Lipinski definition) is 3. The van der Waals surface area contributed by atoms with Crippen LogP contribution >= 0.6 is 0 Å². The van der Waals surface area contributed by atoms with Gasteiger partial charge in [0.1, 0.15) is 5.75 Å². The van der Waals surface area contributed by atoms with Crippen molar-refractivity contribution in [2.24, 2.45) is 5.92 Å². The molecule has 0 aliphatic carbocycles. The summed E-state index contributed by atoms with van der Waals surface area (Å²) in [7, 11) is 1.66. The molecule has 0 bridgehead atoms. The van der Waals surface area contributed by atoms with Gasteiger partial charge in [-0.2, -0.15) is 5.26 Å². The Balaban J connectivity index is 2.63. The van der Waals surface area contributed by atoms with Gasteiger partial charge in [0.25, 0.3) is 0 Å².